The van der Waals surface area contributed by atoms with Crippen molar-refractivity contribution in [2.45, 2.75) is 0 Å². The van der Waals surface area contributed by atoms with Crippen LogP contribution in [0.5, 0.6) is 11.6 Å². The SMILES string of the molecule is NNc1cc(Oc2cccnc2)nc(N)n1. The summed E-state index contributed by atoms with van der Waals surface area (Å²) in [5.41, 5.74) is 7.84. The molecule has 2 aromatic rings. The summed E-state index contributed by atoms with van der Waals surface area (Å²) in [5.74, 6) is 6.53. The van der Waals surface area contributed by atoms with Gasteiger partial charge in [-0.05, 0) is 12.1 Å². The molecule has 0 spiro atoms. The fraction of sp³-hybridized carbons (Fsp3) is 0. The van der Waals surface area contributed by atoms with Crippen LogP contribution in [-0.2, 0) is 0 Å². The van der Waals surface area contributed by atoms with E-state index in [0.717, 1.165) is 0 Å². The molecule has 0 bridgehead atoms. The number of nitrogens with one attached hydrogen (secondary N) is 1. The van der Waals surface area contributed by atoms with Gasteiger partial charge < -0.3 is 15.9 Å². The summed E-state index contributed by atoms with van der Waals surface area (Å²) in [6.07, 6.45) is 3.21. The van der Waals surface area contributed by atoms with Crippen molar-refractivity contribution in [3.05, 3.63) is 30.6 Å². The van der Waals surface area contributed by atoms with Gasteiger partial charge in [0, 0.05) is 12.3 Å². The van der Waals surface area contributed by atoms with E-state index < -0.39 is 0 Å². The molecule has 0 fully saturated rings. The Labute approximate surface area is 91.5 Å². The molecule has 0 amide bonds. The first-order valence-electron chi connectivity index (χ1n) is 4.47. The molecule has 2 aromatic heterocycles. The van der Waals surface area contributed by atoms with Crippen LogP contribution in [0.15, 0.2) is 30.6 Å². The summed E-state index contributed by atoms with van der Waals surface area (Å²) in [5, 5.41) is 0. The smallest absolute Gasteiger partial charge is 0.226 e. The van der Waals surface area contributed by atoms with E-state index in [2.05, 4.69) is 20.4 Å². The predicted molar refractivity (Wildman–Crippen MR) is 58.6 cm³/mol. The Kier molecular flexibility index (Phi) is 2.79. The molecule has 0 saturated carbocycles. The second-order valence-corrected chi connectivity index (χ2v) is 2.88. The maximum atomic E-state index is 5.48. The normalized spacial score (nSPS) is 9.81. The maximum absolute atomic E-state index is 5.48. The minimum absolute atomic E-state index is 0.0781. The molecule has 7 nitrogen and oxygen atoms in total. The molecule has 16 heavy (non-hydrogen) atoms. The van der Waals surface area contributed by atoms with E-state index in [-0.39, 0.29) is 5.95 Å². The average molecular weight is 218 g/mol. The van der Waals surface area contributed by atoms with Gasteiger partial charge >= 0.3 is 0 Å². The summed E-state index contributed by atoms with van der Waals surface area (Å²) in [7, 11) is 0. The van der Waals surface area contributed by atoms with Gasteiger partial charge in [0.2, 0.25) is 11.8 Å². The van der Waals surface area contributed by atoms with Crippen LogP contribution < -0.4 is 21.7 Å². The number of hydrazine groups is 1. The van der Waals surface area contributed by atoms with Gasteiger partial charge in [-0.2, -0.15) is 9.97 Å². The zero-order valence-corrected chi connectivity index (χ0v) is 8.29. The molecule has 0 aliphatic carbocycles. The van der Waals surface area contributed by atoms with Crippen molar-refractivity contribution in [1.82, 2.24) is 15.0 Å². The fourth-order valence-corrected chi connectivity index (χ4v) is 1.10. The van der Waals surface area contributed by atoms with Crippen molar-refractivity contribution in [3.63, 3.8) is 0 Å². The lowest BCUT2D eigenvalue weighted by Crippen LogP contribution is -2.10. The summed E-state index contributed by atoms with van der Waals surface area (Å²) in [4.78, 5) is 11.6. The van der Waals surface area contributed by atoms with Crippen LogP contribution in [0.3, 0.4) is 0 Å². The third-order valence-electron chi connectivity index (χ3n) is 1.72. The van der Waals surface area contributed by atoms with Gasteiger partial charge in [0.25, 0.3) is 0 Å². The molecule has 82 valence electrons. The van der Waals surface area contributed by atoms with Crippen molar-refractivity contribution in [1.29, 1.82) is 0 Å². The summed E-state index contributed by atoms with van der Waals surface area (Å²) in [6.45, 7) is 0. The predicted octanol–water partition coefficient (Wildman–Crippen LogP) is 0.532. The highest BCUT2D eigenvalue weighted by Crippen LogP contribution is 2.20. The van der Waals surface area contributed by atoms with Gasteiger partial charge in [0.05, 0.1) is 6.20 Å². The third kappa shape index (κ3) is 2.34. The van der Waals surface area contributed by atoms with E-state index in [9.17, 15) is 0 Å². The lowest BCUT2D eigenvalue weighted by Gasteiger charge is -2.06. The topological polar surface area (TPSA) is 112 Å². The van der Waals surface area contributed by atoms with E-state index in [0.29, 0.717) is 17.4 Å². The van der Waals surface area contributed by atoms with Crippen LogP contribution in [0.2, 0.25) is 0 Å². The number of hydrogen-bond acceptors (Lipinski definition) is 7. The fourth-order valence-electron chi connectivity index (χ4n) is 1.10. The molecule has 0 atom stereocenters. The van der Waals surface area contributed by atoms with Crippen molar-refractivity contribution in [3.8, 4) is 11.6 Å². The lowest BCUT2D eigenvalue weighted by molar-refractivity contribution is 0.461. The Balaban J connectivity index is 2.24. The van der Waals surface area contributed by atoms with Crippen LogP contribution in [0.25, 0.3) is 0 Å². The summed E-state index contributed by atoms with van der Waals surface area (Å²) >= 11 is 0. The molecule has 0 radical (unpaired) electrons. The van der Waals surface area contributed by atoms with E-state index >= 15 is 0 Å². The number of rotatable bonds is 3. The molecular formula is C9H10N6O. The Morgan fingerprint density at radius 2 is 2.19 bits per heavy atom. The highest BCUT2D eigenvalue weighted by atomic mass is 16.5. The van der Waals surface area contributed by atoms with Crippen LogP contribution in [0.1, 0.15) is 0 Å². The molecule has 2 heterocycles. The van der Waals surface area contributed by atoms with Gasteiger partial charge in [-0.15, -0.1) is 0 Å². The molecule has 0 aliphatic heterocycles. The second kappa shape index (κ2) is 4.41. The maximum Gasteiger partial charge on any atom is 0.226 e. The Hall–Kier alpha value is -2.41. The van der Waals surface area contributed by atoms with Gasteiger partial charge in [0.15, 0.2) is 0 Å². The first kappa shape index (κ1) is 10.1. The van der Waals surface area contributed by atoms with E-state index in [1.807, 2.05) is 0 Å². The highest BCUT2D eigenvalue weighted by Gasteiger charge is 2.03. The highest BCUT2D eigenvalue weighted by molar-refractivity contribution is 5.42. The van der Waals surface area contributed by atoms with E-state index in [1.54, 1.807) is 24.5 Å². The largest absolute Gasteiger partial charge is 0.437 e. The number of anilines is 2. The monoisotopic (exact) mass is 218 g/mol. The molecule has 0 unspecified atom stereocenters. The minimum atomic E-state index is 0.0781. The molecular weight excluding hydrogens is 208 g/mol. The number of pyridine rings is 1. The quantitative estimate of drug-likeness (QED) is 0.508. The first-order chi connectivity index (χ1) is 7.78. The standard InChI is InChI=1S/C9H10N6O/c10-9-13-7(15-11)4-8(14-9)16-6-2-1-3-12-5-6/h1-5H,11H2,(H3,10,13,14,15). The van der Waals surface area contributed by atoms with Crippen LogP contribution >= 0.6 is 0 Å². The van der Waals surface area contributed by atoms with Crippen molar-refractivity contribution >= 4 is 11.8 Å². The average Bonchev–Trinajstić information content (AvgIpc) is 2.29. The number of hydrogen-bond donors (Lipinski definition) is 3. The molecule has 7 heteroatoms. The second-order valence-electron chi connectivity index (χ2n) is 2.88. The van der Waals surface area contributed by atoms with Crippen molar-refractivity contribution in [2.75, 3.05) is 11.2 Å². The zero-order chi connectivity index (χ0) is 11.4. The Morgan fingerprint density at radius 1 is 1.31 bits per heavy atom. The van der Waals surface area contributed by atoms with Gasteiger partial charge in [-0.1, -0.05) is 0 Å². The number of nitrogens with zero attached hydrogens (tertiary/aromatic N) is 3. The van der Waals surface area contributed by atoms with Crippen LogP contribution in [0.4, 0.5) is 11.8 Å². The number of nitrogens with two attached hydrogens (primary N) is 2. The molecule has 0 saturated heterocycles. The van der Waals surface area contributed by atoms with E-state index in [4.69, 9.17) is 16.3 Å². The number of ether oxygens (including phenoxy) is 1. The van der Waals surface area contributed by atoms with Gasteiger partial charge in [-0.3, -0.25) is 4.98 Å². The third-order valence-corrected chi connectivity index (χ3v) is 1.72. The molecule has 2 rings (SSSR count). The molecule has 5 N–H and O–H groups in total. The van der Waals surface area contributed by atoms with E-state index in [1.165, 1.54) is 6.07 Å². The van der Waals surface area contributed by atoms with Gasteiger partial charge in [0.1, 0.15) is 11.6 Å². The van der Waals surface area contributed by atoms with Gasteiger partial charge in [-0.25, -0.2) is 5.84 Å². The van der Waals surface area contributed by atoms with Crippen molar-refractivity contribution in [2.24, 2.45) is 5.84 Å². The molecule has 0 aromatic carbocycles. The minimum Gasteiger partial charge on any atom is -0.437 e. The number of aromatic nitrogens is 3. The van der Waals surface area contributed by atoms with Crippen molar-refractivity contribution < 1.29 is 4.74 Å². The zero-order valence-electron chi connectivity index (χ0n) is 8.29. The summed E-state index contributed by atoms with van der Waals surface area (Å²) < 4.78 is 5.41. The summed E-state index contributed by atoms with van der Waals surface area (Å²) in [6, 6.07) is 5.03. The number of nitrogen functional groups attached to an aromatic ring is 2. The Morgan fingerprint density at radius 3 is 2.88 bits per heavy atom. The van der Waals surface area contributed by atoms with Crippen LogP contribution in [0, 0.1) is 0 Å². The first-order valence-corrected chi connectivity index (χ1v) is 4.47. The van der Waals surface area contributed by atoms with Crippen LogP contribution in [-0.4, -0.2) is 15.0 Å². The lowest BCUT2D eigenvalue weighted by atomic mass is 10.4. The molecule has 0 aliphatic rings. The Bertz CT molecular complexity index is 475.